The smallest absolute Gasteiger partial charge is 0.226 e. The van der Waals surface area contributed by atoms with Gasteiger partial charge in [-0.25, -0.2) is 0 Å². The first-order valence-corrected chi connectivity index (χ1v) is 11.4. The highest BCUT2D eigenvalue weighted by atomic mass is 16.3. The molecule has 0 radical (unpaired) electrons. The van der Waals surface area contributed by atoms with Crippen molar-refractivity contribution in [2.75, 3.05) is 0 Å². The Hall–Kier alpha value is -0.570. The molecule has 0 heterocycles. The van der Waals surface area contributed by atoms with Crippen molar-refractivity contribution >= 4 is 5.91 Å². The lowest BCUT2D eigenvalue weighted by atomic mass is 9.47. The van der Waals surface area contributed by atoms with Gasteiger partial charge in [-0.05, 0) is 119 Å². The van der Waals surface area contributed by atoms with E-state index in [2.05, 4.69) is 12.2 Å². The van der Waals surface area contributed by atoms with Crippen molar-refractivity contribution in [3.05, 3.63) is 0 Å². The van der Waals surface area contributed by atoms with Gasteiger partial charge in [0, 0.05) is 6.04 Å². The Morgan fingerprint density at radius 2 is 1.35 bits per heavy atom. The van der Waals surface area contributed by atoms with Crippen LogP contribution < -0.4 is 5.32 Å². The highest BCUT2D eigenvalue weighted by Crippen LogP contribution is 2.63. The Kier molecular flexibility index (Phi) is 3.20. The zero-order valence-corrected chi connectivity index (χ0v) is 16.3. The maximum absolute atomic E-state index is 13.5. The van der Waals surface area contributed by atoms with Gasteiger partial charge in [0.25, 0.3) is 0 Å². The van der Waals surface area contributed by atoms with E-state index in [0.29, 0.717) is 29.2 Å². The van der Waals surface area contributed by atoms with Gasteiger partial charge in [-0.15, -0.1) is 0 Å². The number of nitrogens with one attached hydrogen (secondary N) is 1. The van der Waals surface area contributed by atoms with Crippen molar-refractivity contribution in [1.29, 1.82) is 0 Å². The quantitative estimate of drug-likeness (QED) is 0.801. The Balaban J connectivity index is 1.22. The monoisotopic (exact) mass is 357 g/mol. The van der Waals surface area contributed by atoms with Crippen molar-refractivity contribution in [3.8, 4) is 0 Å². The fourth-order valence-corrected chi connectivity index (χ4v) is 9.69. The minimum Gasteiger partial charge on any atom is -0.390 e. The van der Waals surface area contributed by atoms with Crippen LogP contribution in [0.25, 0.3) is 0 Å². The van der Waals surface area contributed by atoms with Gasteiger partial charge in [-0.3, -0.25) is 4.79 Å². The second-order valence-electron chi connectivity index (χ2n) is 11.9. The second-order valence-corrected chi connectivity index (χ2v) is 11.9. The van der Waals surface area contributed by atoms with Crippen molar-refractivity contribution < 1.29 is 9.90 Å². The molecule has 3 heteroatoms. The van der Waals surface area contributed by atoms with Crippen molar-refractivity contribution in [2.45, 2.75) is 95.6 Å². The van der Waals surface area contributed by atoms with Crippen molar-refractivity contribution in [2.24, 2.45) is 40.4 Å². The van der Waals surface area contributed by atoms with Gasteiger partial charge >= 0.3 is 0 Å². The average Bonchev–Trinajstić information content (AvgIpc) is 2.51. The number of aliphatic hydroxyl groups is 1. The molecule has 8 aliphatic rings. The summed E-state index contributed by atoms with van der Waals surface area (Å²) in [6.07, 6.45) is 14.4. The summed E-state index contributed by atoms with van der Waals surface area (Å²) in [5.74, 6) is 4.26. The van der Waals surface area contributed by atoms with Crippen LogP contribution in [0.5, 0.6) is 0 Å². The highest BCUT2D eigenvalue weighted by Gasteiger charge is 2.61. The predicted molar refractivity (Wildman–Crippen MR) is 100 cm³/mol. The number of hydrogen-bond acceptors (Lipinski definition) is 2. The van der Waals surface area contributed by atoms with Crippen LogP contribution in [0.1, 0.15) is 84.0 Å². The lowest BCUT2D eigenvalue weighted by molar-refractivity contribution is -0.180. The summed E-state index contributed by atoms with van der Waals surface area (Å²) in [7, 11) is 0. The molecular formula is C23H35NO2. The van der Waals surface area contributed by atoms with Crippen LogP contribution in [0.15, 0.2) is 0 Å². The minimum atomic E-state index is -0.536. The van der Waals surface area contributed by atoms with E-state index in [1.54, 1.807) is 0 Å². The molecule has 3 atom stereocenters. The predicted octanol–water partition coefficient (Wildman–Crippen LogP) is 4.04. The van der Waals surface area contributed by atoms with E-state index in [4.69, 9.17) is 0 Å². The molecule has 0 aromatic heterocycles. The van der Waals surface area contributed by atoms with Crippen LogP contribution in [0.3, 0.4) is 0 Å². The van der Waals surface area contributed by atoms with Gasteiger partial charge in [0.2, 0.25) is 5.91 Å². The molecule has 0 saturated heterocycles. The summed E-state index contributed by atoms with van der Waals surface area (Å²) in [6.45, 7) is 2.31. The molecule has 8 aliphatic carbocycles. The molecule has 0 aromatic rings. The zero-order valence-electron chi connectivity index (χ0n) is 16.3. The van der Waals surface area contributed by atoms with Crippen LogP contribution >= 0.6 is 0 Å². The summed E-state index contributed by atoms with van der Waals surface area (Å²) in [4.78, 5) is 13.5. The molecular weight excluding hydrogens is 322 g/mol. The molecule has 2 N–H and O–H groups in total. The maximum Gasteiger partial charge on any atom is 0.226 e. The summed E-state index contributed by atoms with van der Waals surface area (Å²) in [6, 6.07) is 0.311. The van der Waals surface area contributed by atoms with E-state index >= 15 is 0 Å². The fraction of sp³-hybridized carbons (Fsp3) is 0.957. The van der Waals surface area contributed by atoms with E-state index in [9.17, 15) is 9.90 Å². The number of carbonyl (C=O) groups is 1. The van der Waals surface area contributed by atoms with Crippen molar-refractivity contribution in [1.82, 2.24) is 5.32 Å². The summed E-state index contributed by atoms with van der Waals surface area (Å²) in [5, 5.41) is 14.6. The van der Waals surface area contributed by atoms with Crippen LogP contribution in [-0.2, 0) is 4.79 Å². The zero-order chi connectivity index (χ0) is 17.7. The average molecular weight is 358 g/mol. The third-order valence-electron chi connectivity index (χ3n) is 9.86. The van der Waals surface area contributed by atoms with E-state index in [-0.39, 0.29) is 5.41 Å². The highest BCUT2D eigenvalue weighted by molar-refractivity contribution is 5.83. The standard InChI is InChI=1S/C23H35NO2/c1-14(21-6-15-2-16(7-21)4-17(3-15)8-21)24-20(25)22-9-18-5-19(10-22)12-23(26,11-18)13-22/h14-19,26H,2-13H2,1H3,(H,24,25)/t14-,15?,16?,17?,18+,19+,21?,22?,23?/m1/s1. The Bertz CT molecular complexity index is 591. The first-order valence-electron chi connectivity index (χ1n) is 11.4. The number of carbonyl (C=O) groups excluding carboxylic acids is 1. The first-order chi connectivity index (χ1) is 12.4. The Morgan fingerprint density at radius 3 is 1.85 bits per heavy atom. The number of amides is 1. The molecule has 8 fully saturated rings. The minimum absolute atomic E-state index is 0.255. The lowest BCUT2D eigenvalue weighted by Crippen LogP contribution is -2.63. The third kappa shape index (κ3) is 2.25. The van der Waals surface area contributed by atoms with Gasteiger partial charge in [0.15, 0.2) is 0 Å². The van der Waals surface area contributed by atoms with E-state index in [1.165, 1.54) is 44.9 Å². The van der Waals surface area contributed by atoms with Gasteiger partial charge in [-0.1, -0.05) is 0 Å². The van der Waals surface area contributed by atoms with Gasteiger partial charge in [-0.2, -0.15) is 0 Å². The van der Waals surface area contributed by atoms with Gasteiger partial charge in [0.05, 0.1) is 11.0 Å². The third-order valence-corrected chi connectivity index (χ3v) is 9.86. The van der Waals surface area contributed by atoms with Crippen LogP contribution in [0.2, 0.25) is 0 Å². The largest absolute Gasteiger partial charge is 0.390 e. The molecule has 8 saturated carbocycles. The molecule has 144 valence electrons. The van der Waals surface area contributed by atoms with E-state index in [1.807, 2.05) is 0 Å². The van der Waals surface area contributed by atoms with Gasteiger partial charge in [0.1, 0.15) is 0 Å². The molecule has 8 bridgehead atoms. The molecule has 8 rings (SSSR count). The van der Waals surface area contributed by atoms with Crippen molar-refractivity contribution in [3.63, 3.8) is 0 Å². The number of rotatable bonds is 3. The second kappa shape index (κ2) is 5.07. The normalized spacial score (nSPS) is 57.4. The molecule has 0 spiro atoms. The molecule has 3 nitrogen and oxygen atoms in total. The lowest BCUT2D eigenvalue weighted by Gasteiger charge is -2.61. The maximum atomic E-state index is 13.5. The molecule has 0 unspecified atom stereocenters. The van der Waals surface area contributed by atoms with Crippen LogP contribution in [-0.4, -0.2) is 22.7 Å². The molecule has 26 heavy (non-hydrogen) atoms. The summed E-state index contributed by atoms with van der Waals surface area (Å²) >= 11 is 0. The Labute approximate surface area is 157 Å². The van der Waals surface area contributed by atoms with Crippen LogP contribution in [0, 0.1) is 40.4 Å². The fourth-order valence-electron chi connectivity index (χ4n) is 9.69. The van der Waals surface area contributed by atoms with Crippen LogP contribution in [0.4, 0.5) is 0 Å². The van der Waals surface area contributed by atoms with Gasteiger partial charge < -0.3 is 10.4 Å². The first kappa shape index (κ1) is 16.4. The topological polar surface area (TPSA) is 49.3 Å². The summed E-state index contributed by atoms with van der Waals surface area (Å²) < 4.78 is 0. The summed E-state index contributed by atoms with van der Waals surface area (Å²) in [5.41, 5.74) is -0.412. The van der Waals surface area contributed by atoms with E-state index in [0.717, 1.165) is 49.9 Å². The Morgan fingerprint density at radius 1 is 0.846 bits per heavy atom. The molecule has 1 amide bonds. The molecule has 0 aliphatic heterocycles. The number of hydrogen-bond donors (Lipinski definition) is 2. The molecule has 0 aromatic carbocycles. The SMILES string of the molecule is C[C@@H](NC(=O)C12C[C@@H]3C[C@H](CC(O)(C3)C1)C2)C12CC3CC(CC(C3)C1)C2. The van der Waals surface area contributed by atoms with E-state index < -0.39 is 5.60 Å².